The van der Waals surface area contributed by atoms with Crippen LogP contribution < -0.4 is 10.6 Å². The molecule has 2 amide bonds. The standard InChI is InChI=1S/C21H18BrN3O2S/c1-13-7-8-18(17(22)9-13)24-20(27)12-28-21-16(11-23)15(10-19(26)25-21)14-5-3-2-4-6-14/h2-9,15H,10,12H2,1H3,(H,24,27)(H,25,26)/t15-/m1/s1. The minimum atomic E-state index is -0.295. The largest absolute Gasteiger partial charge is 0.324 e. The van der Waals surface area contributed by atoms with Gasteiger partial charge in [-0.05, 0) is 46.1 Å². The Balaban J connectivity index is 1.74. The first kappa shape index (κ1) is 20.2. The highest BCUT2D eigenvalue weighted by atomic mass is 79.9. The van der Waals surface area contributed by atoms with E-state index in [1.54, 1.807) is 0 Å². The van der Waals surface area contributed by atoms with E-state index in [0.717, 1.165) is 15.6 Å². The third kappa shape index (κ3) is 4.83. The molecule has 1 aliphatic rings. The number of amides is 2. The van der Waals surface area contributed by atoms with Crippen LogP contribution in [0.4, 0.5) is 5.69 Å². The maximum absolute atomic E-state index is 12.3. The molecule has 0 aliphatic carbocycles. The second-order valence-corrected chi connectivity index (χ2v) is 8.23. The number of anilines is 1. The van der Waals surface area contributed by atoms with Crippen molar-refractivity contribution in [2.45, 2.75) is 19.3 Å². The van der Waals surface area contributed by atoms with Gasteiger partial charge in [0, 0.05) is 16.8 Å². The van der Waals surface area contributed by atoms with Crippen molar-refractivity contribution in [3.8, 4) is 6.07 Å². The summed E-state index contributed by atoms with van der Waals surface area (Å²) in [5, 5.41) is 15.7. The van der Waals surface area contributed by atoms with E-state index in [2.05, 4.69) is 32.6 Å². The van der Waals surface area contributed by atoms with E-state index in [1.165, 1.54) is 11.8 Å². The first-order valence-electron chi connectivity index (χ1n) is 8.66. The summed E-state index contributed by atoms with van der Waals surface area (Å²) in [6.45, 7) is 1.97. The van der Waals surface area contributed by atoms with E-state index in [0.29, 0.717) is 16.3 Å². The fourth-order valence-corrected chi connectivity index (χ4v) is 4.42. The summed E-state index contributed by atoms with van der Waals surface area (Å²) in [6.07, 6.45) is 0.222. The SMILES string of the molecule is Cc1ccc(NC(=O)CSC2=C(C#N)[C@@H](c3ccccc3)CC(=O)N2)c(Br)c1. The highest BCUT2D eigenvalue weighted by molar-refractivity contribution is 9.10. The van der Waals surface area contributed by atoms with Crippen molar-refractivity contribution in [2.24, 2.45) is 0 Å². The fraction of sp³-hybridized carbons (Fsp3) is 0.190. The number of hydrogen-bond acceptors (Lipinski definition) is 4. The number of allylic oxidation sites excluding steroid dienone is 1. The number of carbonyl (C=O) groups is 2. The molecule has 2 aromatic carbocycles. The topological polar surface area (TPSA) is 82.0 Å². The van der Waals surface area contributed by atoms with Crippen molar-refractivity contribution in [1.82, 2.24) is 5.32 Å². The maximum Gasteiger partial charge on any atom is 0.234 e. The molecular weight excluding hydrogens is 438 g/mol. The van der Waals surface area contributed by atoms with Crippen LogP contribution >= 0.6 is 27.7 Å². The van der Waals surface area contributed by atoms with E-state index in [9.17, 15) is 14.9 Å². The van der Waals surface area contributed by atoms with Crippen LogP contribution in [0.15, 0.2) is 63.6 Å². The number of benzene rings is 2. The van der Waals surface area contributed by atoms with Gasteiger partial charge in [-0.3, -0.25) is 9.59 Å². The Morgan fingerprint density at radius 1 is 1.32 bits per heavy atom. The lowest BCUT2D eigenvalue weighted by Crippen LogP contribution is -2.31. The normalized spacial score (nSPS) is 16.3. The molecule has 0 saturated carbocycles. The zero-order chi connectivity index (χ0) is 20.1. The van der Waals surface area contributed by atoms with Gasteiger partial charge < -0.3 is 10.6 Å². The lowest BCUT2D eigenvalue weighted by Gasteiger charge is -2.25. The third-order valence-electron chi connectivity index (χ3n) is 4.30. The van der Waals surface area contributed by atoms with Crippen molar-refractivity contribution in [1.29, 1.82) is 5.26 Å². The summed E-state index contributed by atoms with van der Waals surface area (Å²) in [5.41, 5.74) is 3.17. The lowest BCUT2D eigenvalue weighted by atomic mass is 9.87. The average Bonchev–Trinajstić information content (AvgIpc) is 2.68. The van der Waals surface area contributed by atoms with Gasteiger partial charge in [-0.15, -0.1) is 0 Å². The molecule has 0 aromatic heterocycles. The molecule has 2 aromatic rings. The number of thioether (sulfide) groups is 1. The Morgan fingerprint density at radius 2 is 2.07 bits per heavy atom. The molecule has 7 heteroatoms. The number of rotatable bonds is 5. The number of nitrogens with zero attached hydrogens (tertiary/aromatic N) is 1. The minimum absolute atomic E-state index is 0.0859. The molecule has 28 heavy (non-hydrogen) atoms. The number of nitrogens with one attached hydrogen (secondary N) is 2. The van der Waals surface area contributed by atoms with E-state index >= 15 is 0 Å². The molecule has 0 radical (unpaired) electrons. The van der Waals surface area contributed by atoms with E-state index in [-0.39, 0.29) is 29.9 Å². The van der Waals surface area contributed by atoms with Crippen LogP contribution in [0.5, 0.6) is 0 Å². The predicted molar refractivity (Wildman–Crippen MR) is 115 cm³/mol. The first-order valence-corrected chi connectivity index (χ1v) is 10.4. The van der Waals surface area contributed by atoms with Crippen LogP contribution in [-0.4, -0.2) is 17.6 Å². The molecule has 0 unspecified atom stereocenters. The highest BCUT2D eigenvalue weighted by Gasteiger charge is 2.29. The molecule has 0 bridgehead atoms. The summed E-state index contributed by atoms with van der Waals surface area (Å²) in [7, 11) is 0. The van der Waals surface area contributed by atoms with Crippen LogP contribution in [0.3, 0.4) is 0 Å². The van der Waals surface area contributed by atoms with Crippen LogP contribution in [-0.2, 0) is 9.59 Å². The Bertz CT molecular complexity index is 983. The Hall–Kier alpha value is -2.56. The Kier molecular flexibility index (Phi) is 6.55. The van der Waals surface area contributed by atoms with Crippen LogP contribution in [0, 0.1) is 18.3 Å². The number of aryl methyl sites for hydroxylation is 1. The zero-order valence-corrected chi connectivity index (χ0v) is 17.6. The van der Waals surface area contributed by atoms with Gasteiger partial charge >= 0.3 is 0 Å². The highest BCUT2D eigenvalue weighted by Crippen LogP contribution is 2.35. The van der Waals surface area contributed by atoms with Crippen molar-refractivity contribution in [2.75, 3.05) is 11.1 Å². The lowest BCUT2D eigenvalue weighted by molar-refractivity contribution is -0.121. The van der Waals surface area contributed by atoms with Gasteiger partial charge in [0.1, 0.15) is 0 Å². The maximum atomic E-state index is 12.3. The summed E-state index contributed by atoms with van der Waals surface area (Å²) in [6, 6.07) is 17.4. The van der Waals surface area contributed by atoms with Gasteiger partial charge in [0.05, 0.1) is 28.1 Å². The monoisotopic (exact) mass is 455 g/mol. The molecule has 1 aliphatic heterocycles. The van der Waals surface area contributed by atoms with Gasteiger partial charge in [-0.25, -0.2) is 0 Å². The summed E-state index contributed by atoms with van der Waals surface area (Å²) in [4.78, 5) is 24.5. The summed E-state index contributed by atoms with van der Waals surface area (Å²) in [5.74, 6) is -0.577. The molecule has 142 valence electrons. The second kappa shape index (κ2) is 9.09. The van der Waals surface area contributed by atoms with Gasteiger partial charge in [-0.2, -0.15) is 5.26 Å². The molecular formula is C21H18BrN3O2S. The molecule has 1 atom stereocenters. The Morgan fingerprint density at radius 3 is 2.75 bits per heavy atom. The molecule has 0 spiro atoms. The first-order chi connectivity index (χ1) is 13.5. The van der Waals surface area contributed by atoms with Crippen molar-refractivity contribution in [3.05, 3.63) is 74.7 Å². The minimum Gasteiger partial charge on any atom is -0.324 e. The molecule has 2 N–H and O–H groups in total. The van der Waals surface area contributed by atoms with E-state index in [1.807, 2.05) is 55.5 Å². The molecule has 5 nitrogen and oxygen atoms in total. The van der Waals surface area contributed by atoms with Gasteiger partial charge in [0.15, 0.2) is 0 Å². The zero-order valence-electron chi connectivity index (χ0n) is 15.2. The molecule has 3 rings (SSSR count). The summed E-state index contributed by atoms with van der Waals surface area (Å²) >= 11 is 4.60. The fourth-order valence-electron chi connectivity index (χ4n) is 2.95. The van der Waals surface area contributed by atoms with Crippen LogP contribution in [0.1, 0.15) is 23.5 Å². The number of halogens is 1. The number of hydrogen-bond donors (Lipinski definition) is 2. The van der Waals surface area contributed by atoms with Crippen molar-refractivity contribution >= 4 is 45.2 Å². The molecule has 0 fully saturated rings. The van der Waals surface area contributed by atoms with Crippen LogP contribution in [0.25, 0.3) is 0 Å². The van der Waals surface area contributed by atoms with E-state index < -0.39 is 0 Å². The van der Waals surface area contributed by atoms with Crippen molar-refractivity contribution < 1.29 is 9.59 Å². The van der Waals surface area contributed by atoms with E-state index in [4.69, 9.17) is 0 Å². The van der Waals surface area contributed by atoms with Crippen LogP contribution in [0.2, 0.25) is 0 Å². The quantitative estimate of drug-likeness (QED) is 0.696. The average molecular weight is 456 g/mol. The smallest absolute Gasteiger partial charge is 0.234 e. The number of nitriles is 1. The second-order valence-electron chi connectivity index (χ2n) is 6.39. The third-order valence-corrected chi connectivity index (χ3v) is 5.98. The predicted octanol–water partition coefficient (Wildman–Crippen LogP) is 4.47. The number of carbonyl (C=O) groups excluding carboxylic acids is 2. The van der Waals surface area contributed by atoms with Gasteiger partial charge in [0.2, 0.25) is 11.8 Å². The van der Waals surface area contributed by atoms with Gasteiger partial charge in [-0.1, -0.05) is 48.2 Å². The molecule has 0 saturated heterocycles. The van der Waals surface area contributed by atoms with Gasteiger partial charge in [0.25, 0.3) is 0 Å². The summed E-state index contributed by atoms with van der Waals surface area (Å²) < 4.78 is 0.804. The molecule has 1 heterocycles. The Labute approximate surface area is 176 Å². The van der Waals surface area contributed by atoms with Crippen molar-refractivity contribution in [3.63, 3.8) is 0 Å².